The van der Waals surface area contributed by atoms with Gasteiger partial charge in [0, 0.05) is 29.3 Å². The standard InChI is InChI=1S/C30H29F2NO4S2.CH5N/c1-37-24-15-12-18(21-10-6-7-11-25(21)39(2)36)16-19(24)17-33(20-8-4-3-5-9-20)30(35)29-27(34)26-22(31)13-14-23(32)28(26)38-29;1-2/h6-7,10-16,20,34H,3-5,8-9,17H2,1-2H3;2H2,1H3. The molecule has 3 aromatic carbocycles. The van der Waals surface area contributed by atoms with Crippen LogP contribution in [0, 0.1) is 11.6 Å². The van der Waals surface area contributed by atoms with Gasteiger partial charge in [-0.05, 0) is 61.3 Å². The van der Waals surface area contributed by atoms with Gasteiger partial charge in [0.1, 0.15) is 28.0 Å². The summed E-state index contributed by atoms with van der Waals surface area (Å²) in [5.41, 5.74) is 6.90. The van der Waals surface area contributed by atoms with Crippen LogP contribution < -0.4 is 10.5 Å². The smallest absolute Gasteiger partial charge is 0.268 e. The van der Waals surface area contributed by atoms with Crippen LogP contribution in [0.4, 0.5) is 8.78 Å². The lowest BCUT2D eigenvalue weighted by Crippen LogP contribution is -2.40. The van der Waals surface area contributed by atoms with Crippen LogP contribution in [0.1, 0.15) is 47.3 Å². The Kier molecular flexibility index (Phi) is 10.1. The van der Waals surface area contributed by atoms with Crippen molar-refractivity contribution in [2.24, 2.45) is 5.73 Å². The second-order valence-electron chi connectivity index (χ2n) is 9.71. The molecule has 1 amide bonds. The lowest BCUT2D eigenvalue weighted by Gasteiger charge is -2.34. The van der Waals surface area contributed by atoms with E-state index >= 15 is 0 Å². The molecule has 10 heteroatoms. The van der Waals surface area contributed by atoms with E-state index in [0.717, 1.165) is 72.3 Å². The number of hydrogen-bond acceptors (Lipinski definition) is 6. The normalized spacial score (nSPS) is 14.3. The molecule has 0 spiro atoms. The molecule has 1 fully saturated rings. The number of benzene rings is 3. The number of rotatable bonds is 7. The molecule has 0 radical (unpaired) electrons. The van der Waals surface area contributed by atoms with Crippen LogP contribution in [0.3, 0.4) is 0 Å². The van der Waals surface area contributed by atoms with Crippen molar-refractivity contribution >= 4 is 38.1 Å². The molecular weight excluding hydrogens is 566 g/mol. The number of amides is 1. The Hall–Kier alpha value is -3.34. The van der Waals surface area contributed by atoms with Crippen LogP contribution in [0.15, 0.2) is 59.5 Å². The van der Waals surface area contributed by atoms with E-state index in [2.05, 4.69) is 5.73 Å². The summed E-state index contributed by atoms with van der Waals surface area (Å²) >= 11 is 0.770. The maximum absolute atomic E-state index is 14.5. The highest BCUT2D eigenvalue weighted by Gasteiger charge is 2.32. The lowest BCUT2D eigenvalue weighted by molar-refractivity contribution is 0.0615. The average molecular weight is 601 g/mol. The van der Waals surface area contributed by atoms with E-state index in [1.807, 2.05) is 42.5 Å². The predicted octanol–water partition coefficient (Wildman–Crippen LogP) is 6.85. The van der Waals surface area contributed by atoms with Crippen molar-refractivity contribution in [2.45, 2.75) is 49.6 Å². The first-order valence-electron chi connectivity index (χ1n) is 13.4. The highest BCUT2D eigenvalue weighted by atomic mass is 32.2. The molecule has 41 heavy (non-hydrogen) atoms. The third kappa shape index (κ3) is 6.29. The van der Waals surface area contributed by atoms with Crippen molar-refractivity contribution in [3.05, 3.63) is 76.7 Å². The van der Waals surface area contributed by atoms with Crippen LogP contribution in [0.5, 0.6) is 11.5 Å². The molecule has 1 unspecified atom stereocenters. The number of carbonyl (C=O) groups excluding carboxylic acids is 1. The Morgan fingerprint density at radius 2 is 1.76 bits per heavy atom. The van der Waals surface area contributed by atoms with Crippen LogP contribution in [0.25, 0.3) is 21.2 Å². The summed E-state index contributed by atoms with van der Waals surface area (Å²) in [6, 6.07) is 15.0. The highest BCUT2D eigenvalue weighted by Crippen LogP contribution is 2.42. The summed E-state index contributed by atoms with van der Waals surface area (Å²) in [6.45, 7) is 0.177. The molecule has 4 aromatic rings. The van der Waals surface area contributed by atoms with E-state index in [1.54, 1.807) is 18.3 Å². The van der Waals surface area contributed by atoms with Crippen molar-refractivity contribution < 1.29 is 27.6 Å². The third-order valence-electron chi connectivity index (χ3n) is 7.31. The zero-order chi connectivity index (χ0) is 29.7. The van der Waals surface area contributed by atoms with Crippen molar-refractivity contribution in [3.8, 4) is 22.6 Å². The highest BCUT2D eigenvalue weighted by molar-refractivity contribution is 7.84. The lowest BCUT2D eigenvalue weighted by atomic mass is 9.93. The first-order valence-corrected chi connectivity index (χ1v) is 15.8. The van der Waals surface area contributed by atoms with Gasteiger partial charge in [0.2, 0.25) is 0 Å². The number of aromatic hydroxyl groups is 1. The predicted molar refractivity (Wildman–Crippen MR) is 161 cm³/mol. The molecular formula is C31H34F2N2O4S2. The number of ether oxygens (including phenoxy) is 1. The number of thiophene rings is 1. The summed E-state index contributed by atoms with van der Waals surface area (Å²) in [5.74, 6) is -1.87. The minimum atomic E-state index is -1.20. The fraction of sp³-hybridized carbons (Fsp3) is 0.323. The number of hydrogen-bond donors (Lipinski definition) is 2. The summed E-state index contributed by atoms with van der Waals surface area (Å²) in [7, 11) is 1.86. The summed E-state index contributed by atoms with van der Waals surface area (Å²) in [5, 5.41) is 10.6. The number of halogens is 2. The third-order valence-corrected chi connectivity index (χ3v) is 9.46. The summed E-state index contributed by atoms with van der Waals surface area (Å²) in [4.78, 5) is 16.3. The molecule has 1 aliphatic carbocycles. The van der Waals surface area contributed by atoms with Crippen LogP contribution in [0.2, 0.25) is 0 Å². The second kappa shape index (κ2) is 13.5. The Labute approximate surface area is 245 Å². The van der Waals surface area contributed by atoms with Crippen LogP contribution in [-0.4, -0.2) is 46.6 Å². The van der Waals surface area contributed by atoms with Gasteiger partial charge in [0.05, 0.1) is 28.0 Å². The van der Waals surface area contributed by atoms with E-state index in [4.69, 9.17) is 4.74 Å². The monoisotopic (exact) mass is 600 g/mol. The SMILES string of the molecule is CN.COc1ccc(-c2ccccc2S(C)=O)cc1CN(C(=O)c1sc2c(F)ccc(F)c2c1O)C1CCCCC1. The molecule has 1 aliphatic rings. The molecule has 5 rings (SSSR count). The quantitative estimate of drug-likeness (QED) is 0.242. The van der Waals surface area contributed by atoms with Gasteiger partial charge in [-0.2, -0.15) is 0 Å². The second-order valence-corrected chi connectivity index (χ2v) is 12.1. The molecule has 6 nitrogen and oxygen atoms in total. The molecule has 0 aliphatic heterocycles. The Morgan fingerprint density at radius 3 is 2.41 bits per heavy atom. The molecule has 1 aromatic heterocycles. The largest absolute Gasteiger partial charge is 0.505 e. The van der Waals surface area contributed by atoms with Gasteiger partial charge in [-0.25, -0.2) is 8.78 Å². The van der Waals surface area contributed by atoms with E-state index in [0.29, 0.717) is 10.6 Å². The zero-order valence-corrected chi connectivity index (χ0v) is 24.9. The van der Waals surface area contributed by atoms with Gasteiger partial charge in [0.15, 0.2) is 0 Å². The minimum absolute atomic E-state index is 0.0804. The van der Waals surface area contributed by atoms with E-state index in [-0.39, 0.29) is 27.5 Å². The Bertz CT molecular complexity index is 1570. The van der Waals surface area contributed by atoms with Gasteiger partial charge in [-0.15, -0.1) is 11.3 Å². The van der Waals surface area contributed by atoms with Gasteiger partial charge in [0.25, 0.3) is 5.91 Å². The molecule has 1 atom stereocenters. The van der Waals surface area contributed by atoms with E-state index in [9.17, 15) is 22.9 Å². The van der Waals surface area contributed by atoms with Crippen LogP contribution >= 0.6 is 11.3 Å². The molecule has 1 saturated carbocycles. The fourth-order valence-corrected chi connectivity index (χ4v) is 7.20. The van der Waals surface area contributed by atoms with Crippen molar-refractivity contribution in [3.63, 3.8) is 0 Å². The Balaban J connectivity index is 0.00000189. The molecule has 218 valence electrons. The molecule has 0 saturated heterocycles. The van der Waals surface area contributed by atoms with E-state index in [1.165, 1.54) is 7.05 Å². The van der Waals surface area contributed by atoms with Gasteiger partial charge in [-0.3, -0.25) is 9.00 Å². The first kappa shape index (κ1) is 30.6. The first-order chi connectivity index (χ1) is 19.8. The van der Waals surface area contributed by atoms with Crippen molar-refractivity contribution in [1.29, 1.82) is 0 Å². The van der Waals surface area contributed by atoms with Gasteiger partial charge < -0.3 is 20.5 Å². The van der Waals surface area contributed by atoms with Crippen molar-refractivity contribution in [2.75, 3.05) is 20.4 Å². The maximum atomic E-state index is 14.5. The fourth-order valence-electron chi connectivity index (χ4n) is 5.36. The van der Waals surface area contributed by atoms with Crippen LogP contribution in [-0.2, 0) is 17.3 Å². The molecule has 3 N–H and O–H groups in total. The minimum Gasteiger partial charge on any atom is -0.505 e. The van der Waals surface area contributed by atoms with E-state index < -0.39 is 34.1 Å². The number of carbonyl (C=O) groups is 1. The average Bonchev–Trinajstić information content (AvgIpc) is 3.37. The number of fused-ring (bicyclic) bond motifs is 1. The Morgan fingerprint density at radius 1 is 1.07 bits per heavy atom. The van der Waals surface area contributed by atoms with Crippen molar-refractivity contribution in [1.82, 2.24) is 4.90 Å². The summed E-state index contributed by atoms with van der Waals surface area (Å²) < 4.78 is 47.0. The number of nitrogens with two attached hydrogens (primary N) is 1. The number of nitrogens with zero attached hydrogens (tertiary/aromatic N) is 1. The zero-order valence-electron chi connectivity index (χ0n) is 23.3. The topological polar surface area (TPSA) is 92.9 Å². The maximum Gasteiger partial charge on any atom is 0.268 e. The van der Waals surface area contributed by atoms with Gasteiger partial charge in [-0.1, -0.05) is 43.5 Å². The number of methoxy groups -OCH3 is 1. The molecule has 1 heterocycles. The molecule has 0 bridgehead atoms. The summed E-state index contributed by atoms with van der Waals surface area (Å²) in [6.07, 6.45) is 6.22. The van der Waals surface area contributed by atoms with Gasteiger partial charge >= 0.3 is 0 Å².